The molecule has 0 radical (unpaired) electrons. The molecule has 0 fully saturated rings. The molecule has 2 aliphatic rings. The quantitative estimate of drug-likeness (QED) is 0.645. The van der Waals surface area contributed by atoms with Crippen molar-refractivity contribution in [1.29, 1.82) is 0 Å². The highest BCUT2D eigenvalue weighted by Gasteiger charge is 2.24. The van der Waals surface area contributed by atoms with Crippen LogP contribution in [0.15, 0.2) is 46.8 Å². The third-order valence-corrected chi connectivity index (χ3v) is 4.59. The van der Waals surface area contributed by atoms with Crippen molar-refractivity contribution >= 4 is 17.2 Å². The lowest BCUT2D eigenvalue weighted by molar-refractivity contribution is -0.875. The van der Waals surface area contributed by atoms with Crippen molar-refractivity contribution in [3.63, 3.8) is 0 Å². The molecule has 3 heterocycles. The molecule has 0 bridgehead atoms. The van der Waals surface area contributed by atoms with Crippen molar-refractivity contribution in [2.75, 3.05) is 25.1 Å². The number of azo groups is 1. The molecular formula is C18H21N4O+. The van der Waals surface area contributed by atoms with E-state index in [4.69, 9.17) is 4.84 Å². The molecule has 0 saturated heterocycles. The van der Waals surface area contributed by atoms with Gasteiger partial charge in [0.15, 0.2) is 0 Å². The van der Waals surface area contributed by atoms with Crippen molar-refractivity contribution in [3.05, 3.63) is 47.7 Å². The van der Waals surface area contributed by atoms with Crippen molar-refractivity contribution in [1.82, 2.24) is 0 Å². The van der Waals surface area contributed by atoms with Crippen molar-refractivity contribution < 1.29 is 9.57 Å². The van der Waals surface area contributed by atoms with Gasteiger partial charge in [-0.05, 0) is 70.9 Å². The van der Waals surface area contributed by atoms with Crippen LogP contribution in [0.5, 0.6) is 0 Å². The maximum absolute atomic E-state index is 5.25. The Bertz CT molecular complexity index is 725. The Morgan fingerprint density at radius 3 is 2.48 bits per heavy atom. The molecule has 5 heteroatoms. The molecule has 0 atom stereocenters. The van der Waals surface area contributed by atoms with Crippen LogP contribution >= 0.6 is 0 Å². The monoisotopic (exact) mass is 309 g/mol. The Hall–Kier alpha value is -2.43. The second-order valence-corrected chi connectivity index (χ2v) is 6.07. The molecule has 0 unspecified atom stereocenters. The van der Waals surface area contributed by atoms with E-state index in [0.717, 1.165) is 18.5 Å². The Labute approximate surface area is 136 Å². The molecule has 5 nitrogen and oxygen atoms in total. The van der Waals surface area contributed by atoms with Crippen LogP contribution in [0.2, 0.25) is 0 Å². The molecule has 0 aliphatic carbocycles. The number of rotatable bonds is 3. The fourth-order valence-electron chi connectivity index (χ4n) is 3.60. The average Bonchev–Trinajstić information content (AvgIpc) is 2.60. The van der Waals surface area contributed by atoms with Gasteiger partial charge in [0.2, 0.25) is 0 Å². The number of aryl methyl sites for hydroxylation is 2. The predicted molar refractivity (Wildman–Crippen MR) is 88.6 cm³/mol. The zero-order chi connectivity index (χ0) is 15.6. The van der Waals surface area contributed by atoms with Gasteiger partial charge in [0.05, 0.1) is 5.11 Å². The van der Waals surface area contributed by atoms with E-state index in [0.29, 0.717) is 5.82 Å². The third-order valence-electron chi connectivity index (χ3n) is 4.59. The number of anilines is 1. The van der Waals surface area contributed by atoms with Crippen LogP contribution in [0.25, 0.3) is 0 Å². The van der Waals surface area contributed by atoms with Gasteiger partial charge in [-0.2, -0.15) is 0 Å². The van der Waals surface area contributed by atoms with Crippen molar-refractivity contribution in [2.45, 2.75) is 25.7 Å². The summed E-state index contributed by atoms with van der Waals surface area (Å²) >= 11 is 0. The van der Waals surface area contributed by atoms with Gasteiger partial charge in [0, 0.05) is 24.8 Å². The van der Waals surface area contributed by atoms with Gasteiger partial charge in [-0.1, -0.05) is 0 Å². The Morgan fingerprint density at radius 1 is 1.04 bits per heavy atom. The summed E-state index contributed by atoms with van der Waals surface area (Å²) in [6, 6.07) is 10.1. The molecule has 23 heavy (non-hydrogen) atoms. The summed E-state index contributed by atoms with van der Waals surface area (Å²) in [5, 5.41) is 8.81. The highest BCUT2D eigenvalue weighted by molar-refractivity contribution is 5.67. The topological polar surface area (TPSA) is 41.1 Å². The van der Waals surface area contributed by atoms with Crippen LogP contribution in [0.3, 0.4) is 0 Å². The molecule has 2 aromatic rings. The second-order valence-electron chi connectivity index (χ2n) is 6.07. The van der Waals surface area contributed by atoms with E-state index in [1.807, 2.05) is 24.4 Å². The molecule has 1 aromatic heterocycles. The molecule has 118 valence electrons. The number of hydrogen-bond acceptors (Lipinski definition) is 4. The predicted octanol–water partition coefficient (Wildman–Crippen LogP) is 3.15. The van der Waals surface area contributed by atoms with Gasteiger partial charge < -0.3 is 9.74 Å². The maximum Gasteiger partial charge on any atom is 0.388 e. The SMILES string of the molecule is CO[n+]1ccccc1/N=N/c1cc2c3c(c1)CCCN3CCC2. The Kier molecular flexibility index (Phi) is 3.69. The standard InChI is InChI=1S/C18H21N4O/c1-23-22-11-3-2-8-17(22)20-19-16-12-14-6-4-9-21-10-5-7-15(13-16)18(14)21/h2-3,8,11-13H,4-7,9-10H2,1H3/q+1. The smallest absolute Gasteiger partial charge is 0.371 e. The molecular weight excluding hydrogens is 288 g/mol. The summed E-state index contributed by atoms with van der Waals surface area (Å²) in [5.41, 5.74) is 5.26. The minimum atomic E-state index is 0.683. The third kappa shape index (κ3) is 2.67. The first-order valence-electron chi connectivity index (χ1n) is 8.23. The highest BCUT2D eigenvalue weighted by atomic mass is 16.6. The Balaban J connectivity index is 1.69. The van der Waals surface area contributed by atoms with Gasteiger partial charge in [-0.3, -0.25) is 0 Å². The van der Waals surface area contributed by atoms with Gasteiger partial charge in [-0.15, -0.1) is 0 Å². The van der Waals surface area contributed by atoms with Crippen molar-refractivity contribution in [2.24, 2.45) is 10.2 Å². The van der Waals surface area contributed by atoms with E-state index in [2.05, 4.69) is 27.3 Å². The minimum absolute atomic E-state index is 0.683. The minimum Gasteiger partial charge on any atom is -0.371 e. The highest BCUT2D eigenvalue weighted by Crippen LogP contribution is 2.38. The Morgan fingerprint density at radius 2 is 1.78 bits per heavy atom. The molecule has 0 spiro atoms. The number of aromatic nitrogens is 1. The van der Waals surface area contributed by atoms with Crippen LogP contribution in [0.1, 0.15) is 24.0 Å². The van der Waals surface area contributed by atoms with Gasteiger partial charge in [0.1, 0.15) is 19.0 Å². The molecule has 0 amide bonds. The molecule has 1 aromatic carbocycles. The summed E-state index contributed by atoms with van der Waals surface area (Å²) < 4.78 is 1.60. The number of hydrogen-bond donors (Lipinski definition) is 0. The number of benzene rings is 1. The second kappa shape index (κ2) is 5.99. The van der Waals surface area contributed by atoms with Crippen LogP contribution in [0.4, 0.5) is 17.2 Å². The summed E-state index contributed by atoms with van der Waals surface area (Å²) in [6.07, 6.45) is 6.57. The molecule has 2 aliphatic heterocycles. The van der Waals surface area contributed by atoms with Crippen LogP contribution < -0.4 is 14.5 Å². The number of pyridine rings is 1. The normalized spacial score (nSPS) is 16.5. The van der Waals surface area contributed by atoms with Crippen molar-refractivity contribution in [3.8, 4) is 0 Å². The van der Waals surface area contributed by atoms with E-state index < -0.39 is 0 Å². The first-order chi connectivity index (χ1) is 11.3. The number of nitrogens with zero attached hydrogens (tertiary/aromatic N) is 4. The summed E-state index contributed by atoms with van der Waals surface area (Å²) in [5.74, 6) is 0.683. The van der Waals surface area contributed by atoms with E-state index in [-0.39, 0.29) is 0 Å². The first-order valence-corrected chi connectivity index (χ1v) is 8.23. The first kappa shape index (κ1) is 14.2. The lowest BCUT2D eigenvalue weighted by atomic mass is 9.91. The van der Waals surface area contributed by atoms with E-state index in [9.17, 15) is 0 Å². The van der Waals surface area contributed by atoms with Crippen LogP contribution in [-0.2, 0) is 12.8 Å². The molecule has 0 saturated carbocycles. The lowest BCUT2D eigenvalue weighted by Gasteiger charge is -2.36. The van der Waals surface area contributed by atoms with Gasteiger partial charge >= 0.3 is 5.82 Å². The maximum atomic E-state index is 5.25. The van der Waals surface area contributed by atoms with E-state index in [1.165, 1.54) is 42.7 Å². The fourth-order valence-corrected chi connectivity index (χ4v) is 3.60. The molecule has 4 rings (SSSR count). The average molecular weight is 309 g/mol. The molecule has 0 N–H and O–H groups in total. The van der Waals surface area contributed by atoms with E-state index in [1.54, 1.807) is 11.8 Å². The largest absolute Gasteiger partial charge is 0.388 e. The zero-order valence-electron chi connectivity index (χ0n) is 13.4. The fraction of sp³-hybridized carbons (Fsp3) is 0.389. The van der Waals surface area contributed by atoms with Gasteiger partial charge in [0.25, 0.3) is 0 Å². The lowest BCUT2D eigenvalue weighted by Crippen LogP contribution is -2.39. The summed E-state index contributed by atoms with van der Waals surface area (Å²) in [7, 11) is 1.62. The summed E-state index contributed by atoms with van der Waals surface area (Å²) in [4.78, 5) is 7.79. The van der Waals surface area contributed by atoms with Crippen LogP contribution in [0, 0.1) is 0 Å². The van der Waals surface area contributed by atoms with Crippen LogP contribution in [-0.4, -0.2) is 20.2 Å². The van der Waals surface area contributed by atoms with Gasteiger partial charge in [-0.25, -0.2) is 0 Å². The van der Waals surface area contributed by atoms with E-state index >= 15 is 0 Å². The zero-order valence-corrected chi connectivity index (χ0v) is 13.4. The summed E-state index contributed by atoms with van der Waals surface area (Å²) in [6.45, 7) is 2.39.